The van der Waals surface area contributed by atoms with Gasteiger partial charge in [-0.05, 0) is 37.1 Å². The average Bonchev–Trinajstić information content (AvgIpc) is 3.40. The summed E-state index contributed by atoms with van der Waals surface area (Å²) >= 11 is 0. The second-order valence-electron chi connectivity index (χ2n) is 8.62. The molecule has 0 bridgehead atoms. The van der Waals surface area contributed by atoms with Crippen LogP contribution in [0.4, 0.5) is 0 Å². The standard InChI is InChI=1S/C26H31N5O5/c32-17-20(14-19-15-27-18-29-19)30-24(33)16-31-12-5-1-2-6-13-35-22-9-3-4-10-23(22)36-25-21(26(31)34)8-7-11-28-25/h3-4,7-11,15,18,20,32H,1-2,5-6,12-14,16-17H2,(H,27,29)(H,30,33)/t20-/m0/s1. The Kier molecular flexibility index (Phi) is 8.87. The molecule has 2 aromatic heterocycles. The highest BCUT2D eigenvalue weighted by atomic mass is 16.5. The van der Waals surface area contributed by atoms with Crippen molar-refractivity contribution in [1.29, 1.82) is 0 Å². The zero-order valence-corrected chi connectivity index (χ0v) is 20.1. The molecule has 1 aliphatic heterocycles. The maximum Gasteiger partial charge on any atom is 0.259 e. The average molecular weight is 494 g/mol. The highest BCUT2D eigenvalue weighted by Gasteiger charge is 2.24. The van der Waals surface area contributed by atoms with E-state index in [-0.39, 0.29) is 36.4 Å². The maximum atomic E-state index is 13.6. The van der Waals surface area contributed by atoms with Crippen LogP contribution in [0.2, 0.25) is 0 Å². The van der Waals surface area contributed by atoms with Crippen molar-refractivity contribution >= 4 is 11.8 Å². The molecule has 2 amide bonds. The Labute approximate surface area is 209 Å². The van der Waals surface area contributed by atoms with Crippen molar-refractivity contribution < 1.29 is 24.2 Å². The Balaban J connectivity index is 1.53. The van der Waals surface area contributed by atoms with E-state index >= 15 is 0 Å². The molecular formula is C26H31N5O5. The molecular weight excluding hydrogens is 462 g/mol. The second kappa shape index (κ2) is 12.7. The number of aromatic amines is 1. The van der Waals surface area contributed by atoms with Gasteiger partial charge in [-0.3, -0.25) is 9.59 Å². The van der Waals surface area contributed by atoms with Gasteiger partial charge in [0, 0.05) is 31.1 Å². The fourth-order valence-electron chi connectivity index (χ4n) is 4.03. The molecule has 0 unspecified atom stereocenters. The molecule has 0 saturated carbocycles. The highest BCUT2D eigenvalue weighted by Crippen LogP contribution is 2.32. The van der Waals surface area contributed by atoms with Gasteiger partial charge < -0.3 is 29.8 Å². The normalized spacial score (nSPS) is 15.5. The van der Waals surface area contributed by atoms with Gasteiger partial charge in [0.15, 0.2) is 11.5 Å². The van der Waals surface area contributed by atoms with Gasteiger partial charge in [0.05, 0.1) is 32.1 Å². The van der Waals surface area contributed by atoms with Gasteiger partial charge in [-0.25, -0.2) is 9.97 Å². The lowest BCUT2D eigenvalue weighted by Crippen LogP contribution is -2.46. The van der Waals surface area contributed by atoms with Gasteiger partial charge in [-0.2, -0.15) is 0 Å². The van der Waals surface area contributed by atoms with Gasteiger partial charge in [0.25, 0.3) is 5.91 Å². The maximum absolute atomic E-state index is 13.6. The molecule has 0 radical (unpaired) electrons. The number of rotatable bonds is 6. The number of carbonyl (C=O) groups is 2. The van der Waals surface area contributed by atoms with E-state index in [0.717, 1.165) is 31.4 Å². The van der Waals surface area contributed by atoms with Crippen LogP contribution >= 0.6 is 0 Å². The van der Waals surface area contributed by atoms with Crippen molar-refractivity contribution in [3.63, 3.8) is 0 Å². The quantitative estimate of drug-likeness (QED) is 0.481. The van der Waals surface area contributed by atoms with E-state index in [2.05, 4.69) is 20.3 Å². The Morgan fingerprint density at radius 2 is 1.97 bits per heavy atom. The smallest absolute Gasteiger partial charge is 0.259 e. The summed E-state index contributed by atoms with van der Waals surface area (Å²) in [6, 6.07) is 10.1. The lowest BCUT2D eigenvalue weighted by atomic mass is 10.1. The Morgan fingerprint density at radius 1 is 1.14 bits per heavy atom. The number of hydrogen-bond donors (Lipinski definition) is 3. The van der Waals surface area contributed by atoms with Crippen LogP contribution in [0.25, 0.3) is 0 Å². The number of aliphatic hydroxyl groups is 1. The lowest BCUT2D eigenvalue weighted by Gasteiger charge is -2.25. The molecule has 3 heterocycles. The number of nitrogens with zero attached hydrogens (tertiary/aromatic N) is 3. The number of carbonyl (C=O) groups excluding carboxylic acids is 2. The number of pyridine rings is 1. The van der Waals surface area contributed by atoms with Gasteiger partial charge in [-0.15, -0.1) is 0 Å². The molecule has 1 aromatic carbocycles. The Hall–Kier alpha value is -3.92. The van der Waals surface area contributed by atoms with Crippen molar-refractivity contribution in [2.24, 2.45) is 0 Å². The molecule has 3 aromatic rings. The van der Waals surface area contributed by atoms with Crippen LogP contribution in [0, 0.1) is 0 Å². The number of aliphatic hydroxyl groups excluding tert-OH is 1. The minimum absolute atomic E-state index is 0.146. The fourth-order valence-corrected chi connectivity index (χ4v) is 4.03. The monoisotopic (exact) mass is 493 g/mol. The van der Waals surface area contributed by atoms with E-state index in [9.17, 15) is 14.7 Å². The SMILES string of the molecule is O=C(CN1CCCCCCOc2ccccc2Oc2ncccc2C1=O)N[C@H](CO)Cc1cnc[nH]1. The molecule has 1 aliphatic rings. The van der Waals surface area contributed by atoms with E-state index in [4.69, 9.17) is 9.47 Å². The zero-order chi connectivity index (χ0) is 25.2. The summed E-state index contributed by atoms with van der Waals surface area (Å²) in [4.78, 5) is 39.2. The molecule has 0 fully saturated rings. The van der Waals surface area contributed by atoms with E-state index in [1.807, 2.05) is 18.2 Å². The molecule has 36 heavy (non-hydrogen) atoms. The van der Waals surface area contributed by atoms with E-state index in [1.54, 1.807) is 36.9 Å². The van der Waals surface area contributed by atoms with Crippen LogP contribution in [-0.2, 0) is 11.2 Å². The van der Waals surface area contributed by atoms with Crippen molar-refractivity contribution in [2.45, 2.75) is 38.1 Å². The number of aromatic nitrogens is 3. The third kappa shape index (κ3) is 6.82. The van der Waals surface area contributed by atoms with Crippen LogP contribution in [0.3, 0.4) is 0 Å². The lowest BCUT2D eigenvalue weighted by molar-refractivity contribution is -0.122. The van der Waals surface area contributed by atoms with Gasteiger partial charge in [-0.1, -0.05) is 25.0 Å². The summed E-state index contributed by atoms with van der Waals surface area (Å²) in [6.45, 7) is 0.578. The van der Waals surface area contributed by atoms with Crippen molar-refractivity contribution in [2.75, 3.05) is 26.3 Å². The van der Waals surface area contributed by atoms with Crippen LogP contribution in [0.5, 0.6) is 17.4 Å². The van der Waals surface area contributed by atoms with Gasteiger partial charge in [0.1, 0.15) is 5.56 Å². The number of para-hydroxylation sites is 2. The second-order valence-corrected chi connectivity index (χ2v) is 8.62. The van der Waals surface area contributed by atoms with Crippen LogP contribution < -0.4 is 14.8 Å². The van der Waals surface area contributed by atoms with Gasteiger partial charge in [0.2, 0.25) is 11.8 Å². The molecule has 1 atom stereocenters. The zero-order valence-electron chi connectivity index (χ0n) is 20.1. The molecule has 0 saturated heterocycles. The molecule has 10 nitrogen and oxygen atoms in total. The van der Waals surface area contributed by atoms with E-state index < -0.39 is 6.04 Å². The van der Waals surface area contributed by atoms with E-state index in [1.165, 1.54) is 4.90 Å². The van der Waals surface area contributed by atoms with Gasteiger partial charge >= 0.3 is 0 Å². The van der Waals surface area contributed by atoms with Crippen LogP contribution in [-0.4, -0.2) is 69.1 Å². The van der Waals surface area contributed by atoms with Crippen molar-refractivity contribution in [1.82, 2.24) is 25.2 Å². The number of H-pyrrole nitrogens is 1. The number of ether oxygens (including phenoxy) is 2. The molecule has 4 rings (SSSR count). The molecule has 3 N–H and O–H groups in total. The minimum Gasteiger partial charge on any atom is -0.490 e. The number of imidazole rings is 1. The summed E-state index contributed by atoms with van der Waals surface area (Å²) < 4.78 is 11.9. The number of benzene rings is 1. The molecule has 10 heteroatoms. The first-order chi connectivity index (χ1) is 17.6. The molecule has 0 aliphatic carbocycles. The highest BCUT2D eigenvalue weighted by molar-refractivity contribution is 5.98. The summed E-state index contributed by atoms with van der Waals surface area (Å²) in [7, 11) is 0. The Bertz CT molecular complexity index is 1140. The molecule has 190 valence electrons. The largest absolute Gasteiger partial charge is 0.490 e. The first kappa shape index (κ1) is 25.2. The summed E-state index contributed by atoms with van der Waals surface area (Å²) in [5.41, 5.74) is 1.05. The minimum atomic E-state index is -0.499. The predicted octanol–water partition coefficient (Wildman–Crippen LogP) is 2.71. The number of fused-ring (bicyclic) bond motifs is 2. The summed E-state index contributed by atoms with van der Waals surface area (Å²) in [6.07, 6.45) is 8.58. The van der Waals surface area contributed by atoms with Crippen molar-refractivity contribution in [3.8, 4) is 17.4 Å². The predicted molar refractivity (Wildman–Crippen MR) is 132 cm³/mol. The van der Waals surface area contributed by atoms with Crippen LogP contribution in [0.15, 0.2) is 55.1 Å². The number of nitrogens with one attached hydrogen (secondary N) is 2. The number of hydrogen-bond acceptors (Lipinski definition) is 7. The van der Waals surface area contributed by atoms with E-state index in [0.29, 0.717) is 31.1 Å². The Morgan fingerprint density at radius 3 is 2.78 bits per heavy atom. The number of amides is 2. The first-order valence-electron chi connectivity index (χ1n) is 12.2. The topological polar surface area (TPSA) is 130 Å². The van der Waals surface area contributed by atoms with Crippen molar-refractivity contribution in [3.05, 3.63) is 66.4 Å². The third-order valence-corrected chi connectivity index (χ3v) is 5.87. The first-order valence-corrected chi connectivity index (χ1v) is 12.2. The third-order valence-electron chi connectivity index (χ3n) is 5.87. The fraction of sp³-hybridized carbons (Fsp3) is 0.385. The molecule has 0 spiro atoms. The summed E-state index contributed by atoms with van der Waals surface area (Å²) in [5, 5.41) is 12.6. The summed E-state index contributed by atoms with van der Waals surface area (Å²) in [5.74, 6) is 0.498. The van der Waals surface area contributed by atoms with Crippen LogP contribution in [0.1, 0.15) is 41.7 Å².